The Morgan fingerprint density at radius 1 is 1.43 bits per heavy atom. The quantitative estimate of drug-likeness (QED) is 0.688. The molecule has 1 aromatic carbocycles. The van der Waals surface area contributed by atoms with Crippen LogP contribution in [0.2, 0.25) is 0 Å². The highest BCUT2D eigenvalue weighted by Crippen LogP contribution is 2.17. The molecular formula is C10H14N2O2. The van der Waals surface area contributed by atoms with Crippen molar-refractivity contribution >= 4 is 5.91 Å². The predicted octanol–water partition coefficient (Wildman–Crippen LogP) is 0.907. The fourth-order valence-electron chi connectivity index (χ4n) is 1.10. The molecule has 0 aliphatic carbocycles. The summed E-state index contributed by atoms with van der Waals surface area (Å²) in [5.41, 5.74) is 3.76. The Balaban J connectivity index is 2.90. The van der Waals surface area contributed by atoms with Gasteiger partial charge >= 0.3 is 0 Å². The lowest BCUT2D eigenvalue weighted by Gasteiger charge is -2.12. The van der Waals surface area contributed by atoms with Crippen molar-refractivity contribution in [2.24, 2.45) is 0 Å². The van der Waals surface area contributed by atoms with Gasteiger partial charge in [0.15, 0.2) is 0 Å². The van der Waals surface area contributed by atoms with Gasteiger partial charge in [-0.3, -0.25) is 10.2 Å². The highest BCUT2D eigenvalue weighted by atomic mass is 16.3. The summed E-state index contributed by atoms with van der Waals surface area (Å²) in [5.74, 6) is -0.308. The summed E-state index contributed by atoms with van der Waals surface area (Å²) in [7, 11) is 3.42. The van der Waals surface area contributed by atoms with Crippen LogP contribution in [0.4, 0.5) is 0 Å². The third-order valence-corrected chi connectivity index (χ3v) is 1.72. The molecule has 0 spiro atoms. The maximum Gasteiger partial charge on any atom is 0.269 e. The van der Waals surface area contributed by atoms with Gasteiger partial charge in [-0.25, -0.2) is 5.01 Å². The number of aromatic hydroxyl groups is 1. The van der Waals surface area contributed by atoms with Crippen LogP contribution in [0.3, 0.4) is 0 Å². The van der Waals surface area contributed by atoms with Gasteiger partial charge in [-0.1, -0.05) is 6.07 Å². The Labute approximate surface area is 83.1 Å². The van der Waals surface area contributed by atoms with Gasteiger partial charge in [-0.05, 0) is 24.6 Å². The van der Waals surface area contributed by atoms with Crippen molar-refractivity contribution < 1.29 is 9.90 Å². The number of carbonyl (C=O) groups is 1. The standard InChI is InChI=1S/C10H14N2O2/c1-7-4-5-8(9(13)6-7)10(14)11-12(2)3/h4-6,13H,1-3H3,(H,11,14). The zero-order chi connectivity index (χ0) is 10.7. The maximum absolute atomic E-state index is 11.5. The molecule has 1 rings (SSSR count). The molecule has 1 aromatic rings. The number of carbonyl (C=O) groups excluding carboxylic acids is 1. The van der Waals surface area contributed by atoms with Gasteiger partial charge in [-0.15, -0.1) is 0 Å². The van der Waals surface area contributed by atoms with Gasteiger partial charge in [0, 0.05) is 14.1 Å². The molecule has 0 saturated carbocycles. The molecule has 4 heteroatoms. The lowest BCUT2D eigenvalue weighted by atomic mass is 10.1. The number of hydrazine groups is 1. The number of rotatable bonds is 2. The van der Waals surface area contributed by atoms with E-state index in [2.05, 4.69) is 5.43 Å². The number of hydrogen-bond acceptors (Lipinski definition) is 3. The van der Waals surface area contributed by atoms with Crippen molar-refractivity contribution in [1.82, 2.24) is 10.4 Å². The van der Waals surface area contributed by atoms with Crippen LogP contribution in [0.1, 0.15) is 15.9 Å². The van der Waals surface area contributed by atoms with E-state index in [9.17, 15) is 9.90 Å². The first-order chi connectivity index (χ1) is 6.50. The summed E-state index contributed by atoms with van der Waals surface area (Å²) in [6.07, 6.45) is 0. The average molecular weight is 194 g/mol. The van der Waals surface area contributed by atoms with E-state index >= 15 is 0 Å². The Kier molecular flexibility index (Phi) is 3.09. The summed E-state index contributed by atoms with van der Waals surface area (Å²) >= 11 is 0. The smallest absolute Gasteiger partial charge is 0.269 e. The van der Waals surface area contributed by atoms with E-state index in [1.807, 2.05) is 6.92 Å². The highest BCUT2D eigenvalue weighted by Gasteiger charge is 2.10. The molecule has 0 heterocycles. The minimum atomic E-state index is -0.312. The van der Waals surface area contributed by atoms with E-state index < -0.39 is 0 Å². The Morgan fingerprint density at radius 3 is 2.57 bits per heavy atom. The molecule has 0 radical (unpaired) electrons. The van der Waals surface area contributed by atoms with E-state index in [0.717, 1.165) is 5.56 Å². The zero-order valence-electron chi connectivity index (χ0n) is 8.53. The molecule has 0 fully saturated rings. The van der Waals surface area contributed by atoms with Crippen LogP contribution in [0.15, 0.2) is 18.2 Å². The first-order valence-corrected chi connectivity index (χ1v) is 4.28. The fraction of sp³-hybridized carbons (Fsp3) is 0.300. The second kappa shape index (κ2) is 4.11. The summed E-state index contributed by atoms with van der Waals surface area (Å²) in [5, 5.41) is 11.0. The van der Waals surface area contributed by atoms with Gasteiger partial charge in [0.1, 0.15) is 5.75 Å². The summed E-state index contributed by atoms with van der Waals surface area (Å²) in [6.45, 7) is 1.85. The SMILES string of the molecule is Cc1ccc(C(=O)NN(C)C)c(O)c1. The largest absolute Gasteiger partial charge is 0.507 e. The first kappa shape index (κ1) is 10.5. The second-order valence-corrected chi connectivity index (χ2v) is 3.36. The minimum Gasteiger partial charge on any atom is -0.507 e. The molecule has 0 unspecified atom stereocenters. The monoisotopic (exact) mass is 194 g/mol. The van der Waals surface area contributed by atoms with Crippen LogP contribution >= 0.6 is 0 Å². The zero-order valence-corrected chi connectivity index (χ0v) is 8.53. The lowest BCUT2D eigenvalue weighted by Crippen LogP contribution is -2.36. The van der Waals surface area contributed by atoms with Crippen LogP contribution in [-0.2, 0) is 0 Å². The van der Waals surface area contributed by atoms with Crippen molar-refractivity contribution in [3.8, 4) is 5.75 Å². The van der Waals surface area contributed by atoms with Gasteiger partial charge in [-0.2, -0.15) is 0 Å². The Bertz CT molecular complexity index is 348. The van der Waals surface area contributed by atoms with Crippen molar-refractivity contribution in [3.63, 3.8) is 0 Å². The van der Waals surface area contributed by atoms with Crippen molar-refractivity contribution in [2.75, 3.05) is 14.1 Å². The molecule has 0 bridgehead atoms. The van der Waals surface area contributed by atoms with E-state index in [1.54, 1.807) is 32.3 Å². The first-order valence-electron chi connectivity index (χ1n) is 4.28. The normalized spacial score (nSPS) is 10.3. The van der Waals surface area contributed by atoms with Crippen molar-refractivity contribution in [3.05, 3.63) is 29.3 Å². The molecule has 2 N–H and O–H groups in total. The molecule has 0 aliphatic heterocycles. The summed E-state index contributed by atoms with van der Waals surface area (Å²) < 4.78 is 0. The predicted molar refractivity (Wildman–Crippen MR) is 54.0 cm³/mol. The number of nitrogens with zero attached hydrogens (tertiary/aromatic N) is 1. The number of hydrogen-bond donors (Lipinski definition) is 2. The maximum atomic E-state index is 11.5. The molecule has 0 saturated heterocycles. The van der Waals surface area contributed by atoms with E-state index in [1.165, 1.54) is 5.01 Å². The highest BCUT2D eigenvalue weighted by molar-refractivity contribution is 5.96. The molecular weight excluding hydrogens is 180 g/mol. The molecule has 1 amide bonds. The summed E-state index contributed by atoms with van der Waals surface area (Å²) in [4.78, 5) is 11.5. The van der Waals surface area contributed by atoms with E-state index in [0.29, 0.717) is 0 Å². The lowest BCUT2D eigenvalue weighted by molar-refractivity contribution is 0.0854. The van der Waals surface area contributed by atoms with Crippen LogP contribution in [0, 0.1) is 6.92 Å². The molecule has 0 aliphatic rings. The summed E-state index contributed by atoms with van der Waals surface area (Å²) in [6, 6.07) is 4.94. The van der Waals surface area contributed by atoms with Crippen molar-refractivity contribution in [1.29, 1.82) is 0 Å². The fourth-order valence-corrected chi connectivity index (χ4v) is 1.10. The topological polar surface area (TPSA) is 52.6 Å². The average Bonchev–Trinajstić information content (AvgIpc) is 2.01. The number of phenols is 1. The number of nitrogens with one attached hydrogen (secondary N) is 1. The van der Waals surface area contributed by atoms with Crippen LogP contribution < -0.4 is 5.43 Å². The van der Waals surface area contributed by atoms with Crippen LogP contribution in [-0.4, -0.2) is 30.1 Å². The van der Waals surface area contributed by atoms with Gasteiger partial charge < -0.3 is 5.11 Å². The van der Waals surface area contributed by atoms with Crippen LogP contribution in [0.5, 0.6) is 5.75 Å². The van der Waals surface area contributed by atoms with E-state index in [4.69, 9.17) is 0 Å². The Hall–Kier alpha value is -1.55. The number of benzene rings is 1. The number of amides is 1. The van der Waals surface area contributed by atoms with E-state index in [-0.39, 0.29) is 17.2 Å². The Morgan fingerprint density at radius 2 is 2.07 bits per heavy atom. The third-order valence-electron chi connectivity index (χ3n) is 1.72. The molecule has 76 valence electrons. The van der Waals surface area contributed by atoms with Crippen molar-refractivity contribution in [2.45, 2.75) is 6.92 Å². The van der Waals surface area contributed by atoms with Gasteiger partial charge in [0.2, 0.25) is 0 Å². The van der Waals surface area contributed by atoms with Gasteiger partial charge in [0.25, 0.3) is 5.91 Å². The number of phenolic OH excluding ortho intramolecular Hbond substituents is 1. The number of aryl methyl sites for hydroxylation is 1. The third kappa shape index (κ3) is 2.47. The molecule has 0 aromatic heterocycles. The second-order valence-electron chi connectivity index (χ2n) is 3.36. The molecule has 4 nitrogen and oxygen atoms in total. The molecule has 14 heavy (non-hydrogen) atoms. The van der Waals surface area contributed by atoms with Gasteiger partial charge in [0.05, 0.1) is 5.56 Å². The molecule has 0 atom stereocenters. The van der Waals surface area contributed by atoms with Crippen LogP contribution in [0.25, 0.3) is 0 Å². The minimum absolute atomic E-state index is 0.00403.